The molecular formula is C26H28N2O3S. The van der Waals surface area contributed by atoms with Crippen molar-refractivity contribution in [2.75, 3.05) is 13.2 Å². The standard InChI is InChI=1S/C26H28N2O3S/c1-25(2)12-19-13-26(3,16-25)17-28(19)23(29)15-31-24(30)20-9-5-7-11-22(20)32-21-10-6-4-8-18(21)14-27/h4-11,19H,12-13,15-17H2,1-3H3/t19-,26+/m1/s1. The van der Waals surface area contributed by atoms with Crippen molar-refractivity contribution in [3.63, 3.8) is 0 Å². The predicted octanol–water partition coefficient (Wildman–Crippen LogP) is 5.29. The second kappa shape index (κ2) is 8.63. The molecule has 2 fully saturated rings. The number of carbonyl (C=O) groups is 2. The maximum Gasteiger partial charge on any atom is 0.339 e. The van der Waals surface area contributed by atoms with Crippen LogP contribution in [0.25, 0.3) is 0 Å². The lowest BCUT2D eigenvalue weighted by atomic mass is 9.65. The SMILES string of the molecule is CC1(C)C[C@@H]2C[C@](C)(CN2C(=O)COC(=O)c2ccccc2Sc2ccccc2C#N)C1. The normalized spacial score (nSPS) is 23.4. The molecule has 2 bridgehead atoms. The summed E-state index contributed by atoms with van der Waals surface area (Å²) in [4.78, 5) is 29.2. The molecule has 0 radical (unpaired) electrons. The summed E-state index contributed by atoms with van der Waals surface area (Å²) in [5.41, 5.74) is 1.31. The van der Waals surface area contributed by atoms with Crippen LogP contribution in [0, 0.1) is 22.2 Å². The molecule has 0 aromatic heterocycles. The zero-order valence-corrected chi connectivity index (χ0v) is 19.6. The fourth-order valence-electron chi connectivity index (χ4n) is 5.53. The molecule has 2 atom stereocenters. The smallest absolute Gasteiger partial charge is 0.339 e. The van der Waals surface area contributed by atoms with Gasteiger partial charge in [0.2, 0.25) is 0 Å². The molecule has 6 heteroatoms. The van der Waals surface area contributed by atoms with Gasteiger partial charge in [0.15, 0.2) is 6.61 Å². The Morgan fingerprint density at radius 3 is 2.53 bits per heavy atom. The zero-order chi connectivity index (χ0) is 22.9. The predicted molar refractivity (Wildman–Crippen MR) is 123 cm³/mol. The Balaban J connectivity index is 1.43. The molecule has 1 amide bonds. The molecule has 0 unspecified atom stereocenters. The highest BCUT2D eigenvalue weighted by Gasteiger charge is 2.50. The minimum Gasteiger partial charge on any atom is -0.452 e. The number of nitriles is 1. The van der Waals surface area contributed by atoms with Gasteiger partial charge in [-0.25, -0.2) is 4.79 Å². The Hall–Kier alpha value is -2.78. The highest BCUT2D eigenvalue weighted by Crippen LogP contribution is 2.52. The van der Waals surface area contributed by atoms with Gasteiger partial charge in [-0.3, -0.25) is 4.79 Å². The molecule has 1 aliphatic carbocycles. The molecule has 166 valence electrons. The average molecular weight is 449 g/mol. The maximum absolute atomic E-state index is 12.9. The van der Waals surface area contributed by atoms with E-state index in [-0.39, 0.29) is 29.4 Å². The van der Waals surface area contributed by atoms with Gasteiger partial charge in [-0.15, -0.1) is 0 Å². The maximum atomic E-state index is 12.9. The van der Waals surface area contributed by atoms with Crippen molar-refractivity contribution in [3.05, 3.63) is 59.7 Å². The molecule has 1 heterocycles. The van der Waals surface area contributed by atoms with Crippen molar-refractivity contribution in [2.45, 2.75) is 55.9 Å². The van der Waals surface area contributed by atoms with E-state index < -0.39 is 5.97 Å². The minimum absolute atomic E-state index is 0.121. The Morgan fingerprint density at radius 1 is 1.09 bits per heavy atom. The topological polar surface area (TPSA) is 70.4 Å². The van der Waals surface area contributed by atoms with E-state index >= 15 is 0 Å². The second-order valence-electron chi connectivity index (χ2n) is 10.0. The summed E-state index contributed by atoms with van der Waals surface area (Å²) in [6.07, 6.45) is 3.11. The number of hydrogen-bond acceptors (Lipinski definition) is 5. The third kappa shape index (κ3) is 4.68. The lowest BCUT2D eigenvalue weighted by Gasteiger charge is -2.39. The first-order valence-corrected chi connectivity index (χ1v) is 11.7. The molecular weight excluding hydrogens is 420 g/mol. The van der Waals surface area contributed by atoms with E-state index in [1.165, 1.54) is 11.8 Å². The van der Waals surface area contributed by atoms with Crippen LogP contribution in [0.1, 0.15) is 56.0 Å². The van der Waals surface area contributed by atoms with Crippen molar-refractivity contribution < 1.29 is 14.3 Å². The van der Waals surface area contributed by atoms with Crippen LogP contribution < -0.4 is 0 Å². The molecule has 1 saturated carbocycles. The lowest BCUT2D eigenvalue weighted by molar-refractivity contribution is -0.135. The van der Waals surface area contributed by atoms with Gasteiger partial charge in [0.25, 0.3) is 5.91 Å². The molecule has 1 saturated heterocycles. The van der Waals surface area contributed by atoms with Gasteiger partial charge in [0, 0.05) is 22.4 Å². The number of ether oxygens (including phenoxy) is 1. The van der Waals surface area contributed by atoms with Gasteiger partial charge in [-0.2, -0.15) is 5.26 Å². The third-order valence-corrected chi connectivity index (χ3v) is 7.55. The van der Waals surface area contributed by atoms with Gasteiger partial charge >= 0.3 is 5.97 Å². The Kier molecular flexibility index (Phi) is 6.05. The van der Waals surface area contributed by atoms with E-state index in [1.54, 1.807) is 18.2 Å². The summed E-state index contributed by atoms with van der Waals surface area (Å²) in [7, 11) is 0. The molecule has 1 aliphatic heterocycles. The summed E-state index contributed by atoms with van der Waals surface area (Å²) in [5, 5.41) is 9.34. The number of rotatable bonds is 5. The van der Waals surface area contributed by atoms with Crippen LogP contribution in [-0.2, 0) is 9.53 Å². The summed E-state index contributed by atoms with van der Waals surface area (Å²) >= 11 is 1.35. The number of carbonyl (C=O) groups excluding carboxylic acids is 2. The van der Waals surface area contributed by atoms with E-state index in [9.17, 15) is 14.9 Å². The minimum atomic E-state index is -0.524. The quantitative estimate of drug-likeness (QED) is 0.581. The van der Waals surface area contributed by atoms with Crippen molar-refractivity contribution in [1.82, 2.24) is 4.90 Å². The van der Waals surface area contributed by atoms with Gasteiger partial charge in [-0.05, 0) is 54.4 Å². The van der Waals surface area contributed by atoms with Crippen LogP contribution in [-0.4, -0.2) is 36.0 Å². The van der Waals surface area contributed by atoms with Gasteiger partial charge in [-0.1, -0.05) is 56.8 Å². The van der Waals surface area contributed by atoms with Gasteiger partial charge < -0.3 is 9.64 Å². The summed E-state index contributed by atoms with van der Waals surface area (Å²) in [6, 6.07) is 16.8. The number of hydrogen-bond donors (Lipinski definition) is 0. The van der Waals surface area contributed by atoms with E-state index in [0.29, 0.717) is 16.0 Å². The van der Waals surface area contributed by atoms with Crippen molar-refractivity contribution in [3.8, 4) is 6.07 Å². The van der Waals surface area contributed by atoms with Crippen LogP contribution >= 0.6 is 11.8 Å². The van der Waals surface area contributed by atoms with Crippen LogP contribution in [0.4, 0.5) is 0 Å². The summed E-state index contributed by atoms with van der Waals surface area (Å²) < 4.78 is 5.46. The Morgan fingerprint density at radius 2 is 1.78 bits per heavy atom. The van der Waals surface area contributed by atoms with Crippen molar-refractivity contribution in [1.29, 1.82) is 5.26 Å². The van der Waals surface area contributed by atoms with E-state index in [1.807, 2.05) is 35.2 Å². The number of fused-ring (bicyclic) bond motifs is 2. The highest BCUT2D eigenvalue weighted by atomic mass is 32.2. The first-order chi connectivity index (χ1) is 15.2. The molecule has 2 aliphatic rings. The Labute approximate surface area is 193 Å². The Bertz CT molecular complexity index is 1090. The average Bonchev–Trinajstić information content (AvgIpc) is 3.01. The van der Waals surface area contributed by atoms with E-state index in [0.717, 1.165) is 30.7 Å². The van der Waals surface area contributed by atoms with Crippen LogP contribution in [0.2, 0.25) is 0 Å². The first kappa shape index (κ1) is 22.4. The molecule has 0 spiro atoms. The van der Waals surface area contributed by atoms with Gasteiger partial charge in [0.1, 0.15) is 6.07 Å². The third-order valence-electron chi connectivity index (χ3n) is 6.40. The summed E-state index contributed by atoms with van der Waals surface area (Å²) in [5.74, 6) is -0.644. The molecule has 32 heavy (non-hydrogen) atoms. The van der Waals surface area contributed by atoms with Crippen LogP contribution in [0.3, 0.4) is 0 Å². The van der Waals surface area contributed by atoms with Gasteiger partial charge in [0.05, 0.1) is 11.1 Å². The second-order valence-corrected chi connectivity index (χ2v) is 11.1. The first-order valence-electron chi connectivity index (χ1n) is 10.9. The van der Waals surface area contributed by atoms with E-state index in [2.05, 4.69) is 26.8 Å². The molecule has 5 nitrogen and oxygen atoms in total. The van der Waals surface area contributed by atoms with Crippen molar-refractivity contribution >= 4 is 23.6 Å². The number of likely N-dealkylation sites (tertiary alicyclic amines) is 1. The largest absolute Gasteiger partial charge is 0.452 e. The number of esters is 1. The molecule has 4 rings (SSSR count). The van der Waals surface area contributed by atoms with E-state index in [4.69, 9.17) is 4.74 Å². The molecule has 2 aromatic carbocycles. The van der Waals surface area contributed by atoms with Crippen LogP contribution in [0.15, 0.2) is 58.3 Å². The molecule has 2 aromatic rings. The number of nitrogens with zero attached hydrogens (tertiary/aromatic N) is 2. The fraction of sp³-hybridized carbons (Fsp3) is 0.423. The van der Waals surface area contributed by atoms with Crippen molar-refractivity contribution in [2.24, 2.45) is 10.8 Å². The number of amides is 1. The fourth-order valence-corrected chi connectivity index (χ4v) is 6.55. The highest BCUT2D eigenvalue weighted by molar-refractivity contribution is 7.99. The number of benzene rings is 2. The summed E-state index contributed by atoms with van der Waals surface area (Å²) in [6.45, 7) is 7.27. The zero-order valence-electron chi connectivity index (χ0n) is 18.8. The van der Waals surface area contributed by atoms with Crippen LogP contribution in [0.5, 0.6) is 0 Å². The lowest BCUT2D eigenvalue weighted by Crippen LogP contribution is -2.39. The molecule has 0 N–H and O–H groups in total. The monoisotopic (exact) mass is 448 g/mol.